The van der Waals surface area contributed by atoms with Gasteiger partial charge in [-0.15, -0.1) is 0 Å². The van der Waals surface area contributed by atoms with E-state index in [4.69, 9.17) is 9.47 Å². The quantitative estimate of drug-likeness (QED) is 0.485. The Balaban J connectivity index is 1.34. The van der Waals surface area contributed by atoms with Crippen molar-refractivity contribution in [3.63, 3.8) is 0 Å². The van der Waals surface area contributed by atoms with Crippen LogP contribution in [0.15, 0.2) is 72.8 Å². The molecule has 5 rings (SSSR count). The SMILES string of the molecule is COc1cc(OC)cc(C(=O)N2CCC3(CC2)C(=O)N(CC(=O)Nc2ccc(F)cc2)CN3c2ccccc2)c1. The minimum absolute atomic E-state index is 0.145. The molecule has 0 saturated carbocycles. The number of hydrogen-bond acceptors (Lipinski definition) is 6. The molecule has 0 aromatic heterocycles. The Hall–Kier alpha value is -4.60. The smallest absolute Gasteiger partial charge is 0.254 e. The molecule has 2 fully saturated rings. The summed E-state index contributed by atoms with van der Waals surface area (Å²) in [6.07, 6.45) is 0.813. The van der Waals surface area contributed by atoms with E-state index in [-0.39, 0.29) is 30.9 Å². The molecule has 0 aliphatic carbocycles. The average Bonchev–Trinajstić information content (AvgIpc) is 3.24. The lowest BCUT2D eigenvalue weighted by molar-refractivity contribution is -0.136. The zero-order valence-corrected chi connectivity index (χ0v) is 22.4. The number of anilines is 2. The topological polar surface area (TPSA) is 91.4 Å². The molecule has 2 heterocycles. The predicted octanol–water partition coefficient (Wildman–Crippen LogP) is 3.76. The first kappa shape index (κ1) is 27.0. The van der Waals surface area contributed by atoms with Gasteiger partial charge in [0.1, 0.15) is 29.4 Å². The van der Waals surface area contributed by atoms with E-state index >= 15 is 0 Å². The summed E-state index contributed by atoms with van der Waals surface area (Å²) in [4.78, 5) is 45.5. The summed E-state index contributed by atoms with van der Waals surface area (Å²) in [7, 11) is 3.06. The largest absolute Gasteiger partial charge is 0.497 e. The molecule has 3 aromatic rings. The third-order valence-electron chi connectivity index (χ3n) is 7.52. The van der Waals surface area contributed by atoms with Crippen LogP contribution in [0.2, 0.25) is 0 Å². The minimum Gasteiger partial charge on any atom is -0.497 e. The van der Waals surface area contributed by atoms with Gasteiger partial charge in [-0.3, -0.25) is 14.4 Å². The number of para-hydroxylation sites is 1. The third-order valence-corrected chi connectivity index (χ3v) is 7.52. The molecule has 1 spiro atoms. The zero-order chi connectivity index (χ0) is 28.3. The Morgan fingerprint density at radius 3 is 2.15 bits per heavy atom. The van der Waals surface area contributed by atoms with E-state index in [1.165, 1.54) is 43.4 Å². The lowest BCUT2D eigenvalue weighted by Crippen LogP contribution is -2.57. The molecule has 40 heavy (non-hydrogen) atoms. The molecule has 0 bridgehead atoms. The molecule has 10 heteroatoms. The fourth-order valence-corrected chi connectivity index (χ4v) is 5.42. The van der Waals surface area contributed by atoms with E-state index in [2.05, 4.69) is 5.32 Å². The molecule has 1 N–H and O–H groups in total. The van der Waals surface area contributed by atoms with Crippen molar-refractivity contribution in [2.75, 3.05) is 50.7 Å². The standard InChI is InChI=1S/C30H31FN4O5/c1-39-25-16-21(17-26(18-25)40-2)28(37)33-14-12-30(13-15-33)29(38)34(20-35(30)24-6-4-3-5-7-24)19-27(36)32-23-10-8-22(31)9-11-23/h3-11,16-18H,12-15,19-20H2,1-2H3,(H,32,36). The maximum atomic E-state index is 13.9. The summed E-state index contributed by atoms with van der Waals surface area (Å²) < 4.78 is 23.9. The highest BCUT2D eigenvalue weighted by atomic mass is 19.1. The molecule has 9 nitrogen and oxygen atoms in total. The number of carbonyl (C=O) groups excluding carboxylic acids is 3. The lowest BCUT2D eigenvalue weighted by atomic mass is 9.85. The second kappa shape index (κ2) is 11.3. The van der Waals surface area contributed by atoms with E-state index in [1.807, 2.05) is 35.2 Å². The van der Waals surface area contributed by atoms with Gasteiger partial charge in [0.25, 0.3) is 11.8 Å². The first-order chi connectivity index (χ1) is 19.3. The molecule has 3 aromatic carbocycles. The lowest BCUT2D eigenvalue weighted by Gasteiger charge is -2.43. The van der Waals surface area contributed by atoms with E-state index in [0.29, 0.717) is 48.7 Å². The molecule has 0 radical (unpaired) electrons. The van der Waals surface area contributed by atoms with Crippen molar-refractivity contribution in [2.45, 2.75) is 18.4 Å². The van der Waals surface area contributed by atoms with Crippen molar-refractivity contribution in [3.05, 3.63) is 84.2 Å². The Bertz CT molecular complexity index is 1370. The molecular weight excluding hydrogens is 515 g/mol. The summed E-state index contributed by atoms with van der Waals surface area (Å²) in [6, 6.07) is 20.1. The van der Waals surface area contributed by atoms with Crippen molar-refractivity contribution in [3.8, 4) is 11.5 Å². The molecular formula is C30H31FN4O5. The van der Waals surface area contributed by atoms with Crippen LogP contribution in [-0.2, 0) is 9.59 Å². The van der Waals surface area contributed by atoms with Gasteiger partial charge in [0.15, 0.2) is 0 Å². The number of hydrogen-bond donors (Lipinski definition) is 1. The zero-order valence-electron chi connectivity index (χ0n) is 22.4. The number of carbonyl (C=O) groups is 3. The number of likely N-dealkylation sites (tertiary alicyclic amines) is 1. The van der Waals surface area contributed by atoms with Gasteiger partial charge in [-0.25, -0.2) is 4.39 Å². The van der Waals surface area contributed by atoms with E-state index in [1.54, 1.807) is 23.1 Å². The van der Waals surface area contributed by atoms with E-state index in [9.17, 15) is 18.8 Å². The highest BCUT2D eigenvalue weighted by molar-refractivity contribution is 6.00. The Morgan fingerprint density at radius 2 is 1.55 bits per heavy atom. The summed E-state index contributed by atoms with van der Waals surface area (Å²) in [5, 5.41) is 2.73. The van der Waals surface area contributed by atoms with Gasteiger partial charge in [0.2, 0.25) is 5.91 Å². The maximum Gasteiger partial charge on any atom is 0.254 e. The van der Waals surface area contributed by atoms with Crippen LogP contribution in [-0.4, -0.2) is 73.6 Å². The normalized spacial score (nSPS) is 16.3. The van der Waals surface area contributed by atoms with Gasteiger partial charge in [-0.1, -0.05) is 18.2 Å². The van der Waals surface area contributed by atoms with Crippen LogP contribution in [0, 0.1) is 5.82 Å². The third kappa shape index (κ3) is 5.29. The predicted molar refractivity (Wildman–Crippen MR) is 148 cm³/mol. The van der Waals surface area contributed by atoms with Gasteiger partial charge >= 0.3 is 0 Å². The highest BCUT2D eigenvalue weighted by Crippen LogP contribution is 2.40. The number of halogens is 1. The Morgan fingerprint density at radius 1 is 0.925 bits per heavy atom. The molecule has 2 aliphatic rings. The average molecular weight is 547 g/mol. The number of nitrogens with zero attached hydrogens (tertiary/aromatic N) is 3. The van der Waals surface area contributed by atoms with Crippen LogP contribution in [0.25, 0.3) is 0 Å². The van der Waals surface area contributed by atoms with Gasteiger partial charge in [0.05, 0.1) is 20.9 Å². The monoisotopic (exact) mass is 546 g/mol. The fraction of sp³-hybridized carbons (Fsp3) is 0.300. The number of benzene rings is 3. The second-order valence-electron chi connectivity index (χ2n) is 9.89. The number of methoxy groups -OCH3 is 2. The molecule has 208 valence electrons. The fourth-order valence-electron chi connectivity index (χ4n) is 5.42. The van der Waals surface area contributed by atoms with E-state index < -0.39 is 11.4 Å². The van der Waals surface area contributed by atoms with Gasteiger partial charge in [-0.2, -0.15) is 0 Å². The first-order valence-corrected chi connectivity index (χ1v) is 13.0. The highest BCUT2D eigenvalue weighted by Gasteiger charge is 2.54. The van der Waals surface area contributed by atoms with Gasteiger partial charge < -0.3 is 29.5 Å². The summed E-state index contributed by atoms with van der Waals surface area (Å²) in [6.45, 7) is 0.820. The van der Waals surface area contributed by atoms with Crippen LogP contribution in [0.4, 0.5) is 15.8 Å². The molecule has 2 saturated heterocycles. The van der Waals surface area contributed by atoms with Gasteiger partial charge in [0, 0.05) is 36.1 Å². The van der Waals surface area contributed by atoms with Crippen molar-refractivity contribution in [1.82, 2.24) is 9.80 Å². The van der Waals surface area contributed by atoms with Crippen molar-refractivity contribution >= 4 is 29.1 Å². The Kier molecular flexibility index (Phi) is 7.59. The Labute approximate surface area is 232 Å². The summed E-state index contributed by atoms with van der Waals surface area (Å²) >= 11 is 0. The second-order valence-corrected chi connectivity index (χ2v) is 9.89. The van der Waals surface area contributed by atoms with Crippen LogP contribution in [0.5, 0.6) is 11.5 Å². The number of piperidine rings is 1. The van der Waals surface area contributed by atoms with Crippen molar-refractivity contribution < 1.29 is 28.2 Å². The van der Waals surface area contributed by atoms with Crippen molar-refractivity contribution in [1.29, 1.82) is 0 Å². The number of ether oxygens (including phenoxy) is 2. The molecule has 0 unspecified atom stereocenters. The van der Waals surface area contributed by atoms with Crippen molar-refractivity contribution in [2.24, 2.45) is 0 Å². The van der Waals surface area contributed by atoms with Crippen LogP contribution in [0.1, 0.15) is 23.2 Å². The first-order valence-electron chi connectivity index (χ1n) is 13.0. The summed E-state index contributed by atoms with van der Waals surface area (Å²) in [5.41, 5.74) is 0.882. The number of amides is 3. The van der Waals surface area contributed by atoms with E-state index in [0.717, 1.165) is 5.69 Å². The minimum atomic E-state index is -0.889. The summed E-state index contributed by atoms with van der Waals surface area (Å²) in [5.74, 6) is -0.0490. The number of nitrogens with one attached hydrogen (secondary N) is 1. The maximum absolute atomic E-state index is 13.9. The number of rotatable bonds is 7. The van der Waals surface area contributed by atoms with Crippen LogP contribution >= 0.6 is 0 Å². The molecule has 3 amide bonds. The van der Waals surface area contributed by atoms with Crippen LogP contribution in [0.3, 0.4) is 0 Å². The molecule has 2 aliphatic heterocycles. The van der Waals surface area contributed by atoms with Crippen LogP contribution < -0.4 is 19.7 Å². The van der Waals surface area contributed by atoms with Gasteiger partial charge in [-0.05, 0) is 61.4 Å². The molecule has 0 atom stereocenters.